The molecule has 1 amide bonds. The summed E-state index contributed by atoms with van der Waals surface area (Å²) in [6.45, 7) is 3.12. The number of H-pyrrole nitrogens is 1. The van der Waals surface area contributed by atoms with Crippen molar-refractivity contribution in [2.75, 3.05) is 26.2 Å². The molecule has 2 heterocycles. The third kappa shape index (κ3) is 3.65. The molecule has 1 saturated heterocycles. The maximum atomic E-state index is 13.7. The summed E-state index contributed by atoms with van der Waals surface area (Å²) in [4.78, 5) is 29.8. The van der Waals surface area contributed by atoms with Crippen molar-refractivity contribution in [3.63, 3.8) is 0 Å². The number of halogens is 1. The van der Waals surface area contributed by atoms with Crippen LogP contribution in [-0.2, 0) is 6.54 Å². The van der Waals surface area contributed by atoms with Gasteiger partial charge in [-0.3, -0.25) is 14.5 Å². The van der Waals surface area contributed by atoms with Crippen LogP contribution in [0.25, 0.3) is 0 Å². The van der Waals surface area contributed by atoms with Crippen LogP contribution in [0.4, 0.5) is 4.39 Å². The Hall–Kier alpha value is -2.47. The molecule has 0 aliphatic carbocycles. The molecule has 0 spiro atoms. The zero-order valence-electron chi connectivity index (χ0n) is 12.7. The summed E-state index contributed by atoms with van der Waals surface area (Å²) >= 11 is 0. The van der Waals surface area contributed by atoms with E-state index < -0.39 is 0 Å². The fourth-order valence-electron chi connectivity index (χ4n) is 2.70. The average molecular weight is 315 g/mol. The molecule has 0 unspecified atom stereocenters. The monoisotopic (exact) mass is 315 g/mol. The van der Waals surface area contributed by atoms with Gasteiger partial charge in [0.15, 0.2) is 0 Å². The van der Waals surface area contributed by atoms with E-state index in [0.717, 1.165) is 0 Å². The first kappa shape index (κ1) is 15.4. The SMILES string of the molecule is O=C(c1ccc(=O)[nH]c1)N1CCN(Cc2ccccc2F)CC1. The first-order valence-corrected chi connectivity index (χ1v) is 7.57. The van der Waals surface area contributed by atoms with E-state index in [4.69, 9.17) is 0 Å². The number of pyridine rings is 1. The highest BCUT2D eigenvalue weighted by Crippen LogP contribution is 2.13. The van der Waals surface area contributed by atoms with Gasteiger partial charge in [-0.15, -0.1) is 0 Å². The van der Waals surface area contributed by atoms with Crippen molar-refractivity contribution in [2.45, 2.75) is 6.54 Å². The van der Waals surface area contributed by atoms with E-state index in [1.807, 2.05) is 6.07 Å². The van der Waals surface area contributed by atoms with Crippen molar-refractivity contribution >= 4 is 5.91 Å². The van der Waals surface area contributed by atoms with Crippen LogP contribution in [0.15, 0.2) is 47.4 Å². The Morgan fingerprint density at radius 2 is 1.83 bits per heavy atom. The fourth-order valence-corrected chi connectivity index (χ4v) is 2.70. The van der Waals surface area contributed by atoms with Crippen molar-refractivity contribution < 1.29 is 9.18 Å². The molecule has 3 rings (SSSR count). The molecule has 5 nitrogen and oxygen atoms in total. The molecule has 0 saturated carbocycles. The number of rotatable bonds is 3. The van der Waals surface area contributed by atoms with Gasteiger partial charge >= 0.3 is 0 Å². The summed E-state index contributed by atoms with van der Waals surface area (Å²) < 4.78 is 13.7. The first-order chi connectivity index (χ1) is 11.1. The number of aromatic amines is 1. The largest absolute Gasteiger partial charge is 0.336 e. The molecule has 6 heteroatoms. The highest BCUT2D eigenvalue weighted by atomic mass is 19.1. The van der Waals surface area contributed by atoms with Crippen LogP contribution in [0.3, 0.4) is 0 Å². The molecule has 0 bridgehead atoms. The van der Waals surface area contributed by atoms with Gasteiger partial charge < -0.3 is 9.88 Å². The quantitative estimate of drug-likeness (QED) is 0.933. The van der Waals surface area contributed by atoms with Gasteiger partial charge in [0.05, 0.1) is 5.56 Å². The molecule has 2 aromatic rings. The molecule has 0 radical (unpaired) electrons. The van der Waals surface area contributed by atoms with Crippen molar-refractivity contribution in [2.24, 2.45) is 0 Å². The zero-order valence-corrected chi connectivity index (χ0v) is 12.7. The molecule has 1 aromatic heterocycles. The molecule has 0 atom stereocenters. The molecular weight excluding hydrogens is 297 g/mol. The molecular formula is C17H18FN3O2. The second-order valence-corrected chi connectivity index (χ2v) is 5.60. The molecule has 1 fully saturated rings. The van der Waals surface area contributed by atoms with Crippen LogP contribution in [0, 0.1) is 5.82 Å². The Morgan fingerprint density at radius 1 is 1.09 bits per heavy atom. The number of benzene rings is 1. The van der Waals surface area contributed by atoms with Gasteiger partial charge in [-0.25, -0.2) is 4.39 Å². The Kier molecular flexibility index (Phi) is 4.52. The van der Waals surface area contributed by atoms with Gasteiger partial charge in [-0.2, -0.15) is 0 Å². The van der Waals surface area contributed by atoms with Gasteiger partial charge in [-0.05, 0) is 12.1 Å². The van der Waals surface area contributed by atoms with Crippen molar-refractivity contribution in [3.05, 3.63) is 69.9 Å². The van der Waals surface area contributed by atoms with Crippen LogP contribution < -0.4 is 5.56 Å². The number of carbonyl (C=O) groups is 1. The van der Waals surface area contributed by atoms with Gasteiger partial charge in [0.2, 0.25) is 5.56 Å². The number of hydrogen-bond acceptors (Lipinski definition) is 3. The topological polar surface area (TPSA) is 56.4 Å². The Balaban J connectivity index is 1.58. The Morgan fingerprint density at radius 3 is 2.48 bits per heavy atom. The number of piperazine rings is 1. The lowest BCUT2D eigenvalue weighted by Gasteiger charge is -2.34. The number of nitrogens with zero attached hydrogens (tertiary/aromatic N) is 2. The van der Waals surface area contributed by atoms with E-state index in [1.165, 1.54) is 24.4 Å². The van der Waals surface area contributed by atoms with E-state index >= 15 is 0 Å². The summed E-state index contributed by atoms with van der Waals surface area (Å²) in [6, 6.07) is 9.64. The van der Waals surface area contributed by atoms with Crippen LogP contribution in [0.5, 0.6) is 0 Å². The van der Waals surface area contributed by atoms with Crippen LogP contribution in [0.1, 0.15) is 15.9 Å². The average Bonchev–Trinajstić information content (AvgIpc) is 2.58. The fraction of sp³-hybridized carbons (Fsp3) is 0.294. The van der Waals surface area contributed by atoms with E-state index in [9.17, 15) is 14.0 Å². The lowest BCUT2D eigenvalue weighted by molar-refractivity contribution is 0.0626. The number of hydrogen-bond donors (Lipinski definition) is 1. The summed E-state index contributed by atoms with van der Waals surface area (Å²) in [5.41, 5.74) is 0.927. The molecule has 1 aliphatic rings. The predicted octanol–water partition coefficient (Wildman–Crippen LogP) is 1.47. The minimum Gasteiger partial charge on any atom is -0.336 e. The van der Waals surface area contributed by atoms with E-state index in [1.54, 1.807) is 17.0 Å². The zero-order chi connectivity index (χ0) is 16.2. The lowest BCUT2D eigenvalue weighted by Crippen LogP contribution is -2.48. The third-order valence-electron chi connectivity index (χ3n) is 4.04. The lowest BCUT2D eigenvalue weighted by atomic mass is 10.1. The highest BCUT2D eigenvalue weighted by Gasteiger charge is 2.22. The molecule has 120 valence electrons. The van der Waals surface area contributed by atoms with Gasteiger partial charge in [0, 0.05) is 50.6 Å². The predicted molar refractivity (Wildman–Crippen MR) is 84.6 cm³/mol. The second kappa shape index (κ2) is 6.75. The maximum Gasteiger partial charge on any atom is 0.255 e. The number of aromatic nitrogens is 1. The Labute approximate surface area is 133 Å². The maximum absolute atomic E-state index is 13.7. The van der Waals surface area contributed by atoms with Gasteiger partial charge in [0.25, 0.3) is 5.91 Å². The standard InChI is InChI=1S/C17H18FN3O2/c18-15-4-2-1-3-14(15)12-20-7-9-21(10-8-20)17(23)13-5-6-16(22)19-11-13/h1-6,11H,7-10,12H2,(H,19,22). The highest BCUT2D eigenvalue weighted by molar-refractivity contribution is 5.93. The minimum absolute atomic E-state index is 0.0909. The summed E-state index contributed by atoms with van der Waals surface area (Å²) in [6.07, 6.45) is 1.44. The van der Waals surface area contributed by atoms with Gasteiger partial charge in [-0.1, -0.05) is 18.2 Å². The van der Waals surface area contributed by atoms with Gasteiger partial charge in [0.1, 0.15) is 5.82 Å². The van der Waals surface area contributed by atoms with Crippen LogP contribution in [0.2, 0.25) is 0 Å². The van der Waals surface area contributed by atoms with E-state index in [0.29, 0.717) is 43.9 Å². The van der Waals surface area contributed by atoms with Crippen molar-refractivity contribution in [1.29, 1.82) is 0 Å². The van der Waals surface area contributed by atoms with E-state index in [2.05, 4.69) is 9.88 Å². The Bertz CT molecular complexity index is 731. The molecule has 1 N–H and O–H groups in total. The first-order valence-electron chi connectivity index (χ1n) is 7.57. The number of nitrogens with one attached hydrogen (secondary N) is 1. The number of carbonyl (C=O) groups excluding carboxylic acids is 1. The smallest absolute Gasteiger partial charge is 0.255 e. The minimum atomic E-state index is -0.226. The summed E-state index contributed by atoms with van der Waals surface area (Å²) in [5, 5.41) is 0. The van der Waals surface area contributed by atoms with E-state index in [-0.39, 0.29) is 17.3 Å². The summed E-state index contributed by atoms with van der Waals surface area (Å²) in [7, 11) is 0. The van der Waals surface area contributed by atoms with Crippen LogP contribution in [-0.4, -0.2) is 46.9 Å². The molecule has 1 aliphatic heterocycles. The molecule has 23 heavy (non-hydrogen) atoms. The summed E-state index contributed by atoms with van der Waals surface area (Å²) in [5.74, 6) is -0.286. The second-order valence-electron chi connectivity index (χ2n) is 5.60. The van der Waals surface area contributed by atoms with Crippen molar-refractivity contribution in [3.8, 4) is 0 Å². The van der Waals surface area contributed by atoms with Crippen molar-refractivity contribution in [1.82, 2.24) is 14.8 Å². The molecule has 1 aromatic carbocycles. The normalized spacial score (nSPS) is 15.6. The number of amides is 1. The van der Waals surface area contributed by atoms with Crippen LogP contribution >= 0.6 is 0 Å². The third-order valence-corrected chi connectivity index (χ3v) is 4.04.